The van der Waals surface area contributed by atoms with Gasteiger partial charge in [0.2, 0.25) is 5.91 Å². The number of amides is 4. The maximum atomic E-state index is 12.4. The first kappa shape index (κ1) is 16.4. The van der Waals surface area contributed by atoms with Crippen LogP contribution in [0.4, 0.5) is 4.79 Å². The number of benzene rings is 1. The summed E-state index contributed by atoms with van der Waals surface area (Å²) in [4.78, 5) is 39.5. The molecule has 1 heterocycles. The van der Waals surface area contributed by atoms with Crippen LogP contribution in [0, 0.1) is 0 Å². The van der Waals surface area contributed by atoms with E-state index in [9.17, 15) is 14.4 Å². The zero-order chi connectivity index (χ0) is 16.9. The largest absolute Gasteiger partial charge is 0.336 e. The Balaban J connectivity index is 1.40. The predicted octanol–water partition coefficient (Wildman–Crippen LogP) is 0.433. The third kappa shape index (κ3) is 4.55. The molecule has 24 heavy (non-hydrogen) atoms. The number of hydrogen-bond donors (Lipinski definition) is 2. The smallest absolute Gasteiger partial charge is 0.321 e. The van der Waals surface area contributed by atoms with E-state index >= 15 is 0 Å². The van der Waals surface area contributed by atoms with Gasteiger partial charge in [0.15, 0.2) is 0 Å². The van der Waals surface area contributed by atoms with E-state index in [-0.39, 0.29) is 24.4 Å². The topological polar surface area (TPSA) is 81.8 Å². The fourth-order valence-corrected chi connectivity index (χ4v) is 2.69. The summed E-state index contributed by atoms with van der Waals surface area (Å²) < 4.78 is 0. The van der Waals surface area contributed by atoms with Gasteiger partial charge in [-0.2, -0.15) is 0 Å². The van der Waals surface area contributed by atoms with E-state index in [4.69, 9.17) is 0 Å². The van der Waals surface area contributed by atoms with Crippen molar-refractivity contribution in [2.75, 3.05) is 32.7 Å². The van der Waals surface area contributed by atoms with Crippen molar-refractivity contribution >= 4 is 17.8 Å². The lowest BCUT2D eigenvalue weighted by molar-refractivity contribution is -0.121. The molecule has 1 aromatic carbocycles. The van der Waals surface area contributed by atoms with Crippen molar-refractivity contribution in [3.63, 3.8) is 0 Å². The minimum atomic E-state index is -0.416. The van der Waals surface area contributed by atoms with Crippen LogP contribution in [0.2, 0.25) is 0 Å². The van der Waals surface area contributed by atoms with Crippen molar-refractivity contribution < 1.29 is 14.4 Å². The first-order valence-corrected chi connectivity index (χ1v) is 8.29. The van der Waals surface area contributed by atoms with Crippen LogP contribution in [0.5, 0.6) is 0 Å². The number of nitrogens with zero attached hydrogens (tertiary/aromatic N) is 2. The molecule has 0 radical (unpaired) electrons. The Kier molecular flexibility index (Phi) is 5.10. The molecule has 1 saturated carbocycles. The Labute approximate surface area is 141 Å². The highest BCUT2D eigenvalue weighted by Gasteiger charge is 2.26. The van der Waals surface area contributed by atoms with Crippen LogP contribution in [-0.4, -0.2) is 66.4 Å². The molecule has 7 nitrogen and oxygen atoms in total. The molecule has 0 bridgehead atoms. The van der Waals surface area contributed by atoms with Crippen LogP contribution in [0.3, 0.4) is 0 Å². The Morgan fingerprint density at radius 2 is 1.67 bits per heavy atom. The molecule has 1 aromatic rings. The molecule has 0 unspecified atom stereocenters. The van der Waals surface area contributed by atoms with Gasteiger partial charge in [0.1, 0.15) is 0 Å². The minimum absolute atomic E-state index is 0.0171. The Morgan fingerprint density at radius 1 is 1.00 bits per heavy atom. The lowest BCUT2D eigenvalue weighted by Gasteiger charge is -2.34. The highest BCUT2D eigenvalue weighted by atomic mass is 16.2. The zero-order valence-corrected chi connectivity index (χ0v) is 13.5. The molecule has 3 rings (SSSR count). The molecule has 1 aliphatic heterocycles. The molecule has 1 saturated heterocycles. The summed E-state index contributed by atoms with van der Waals surface area (Å²) in [6.07, 6.45) is 1.97. The van der Waals surface area contributed by atoms with Gasteiger partial charge >= 0.3 is 6.03 Å². The molecule has 128 valence electrons. The van der Waals surface area contributed by atoms with Crippen molar-refractivity contribution in [1.29, 1.82) is 0 Å². The number of urea groups is 1. The van der Waals surface area contributed by atoms with Gasteiger partial charge in [-0.15, -0.1) is 0 Å². The van der Waals surface area contributed by atoms with E-state index in [0.717, 1.165) is 12.8 Å². The molecule has 2 N–H and O–H groups in total. The standard InChI is InChI=1S/C17H22N4O3/c22-15(19-17(24)18-14-6-7-14)12-20-8-10-21(11-9-20)16(23)13-4-2-1-3-5-13/h1-5,14H,6-12H2,(H2,18,19,22,24). The second-order valence-corrected chi connectivity index (χ2v) is 6.23. The minimum Gasteiger partial charge on any atom is -0.336 e. The molecule has 2 fully saturated rings. The average molecular weight is 330 g/mol. The summed E-state index contributed by atoms with van der Waals surface area (Å²) in [6.45, 7) is 2.57. The van der Waals surface area contributed by atoms with Gasteiger partial charge in [-0.25, -0.2) is 4.79 Å². The van der Waals surface area contributed by atoms with Crippen molar-refractivity contribution in [3.8, 4) is 0 Å². The van der Waals surface area contributed by atoms with Gasteiger partial charge < -0.3 is 10.2 Å². The first-order valence-electron chi connectivity index (χ1n) is 8.29. The lowest BCUT2D eigenvalue weighted by atomic mass is 10.2. The summed E-state index contributed by atoms with van der Waals surface area (Å²) in [7, 11) is 0. The van der Waals surface area contributed by atoms with Crippen LogP contribution in [0.1, 0.15) is 23.2 Å². The third-order valence-corrected chi connectivity index (χ3v) is 4.21. The Hall–Kier alpha value is -2.41. The van der Waals surface area contributed by atoms with Crippen molar-refractivity contribution in [2.45, 2.75) is 18.9 Å². The fraction of sp³-hybridized carbons (Fsp3) is 0.471. The molecule has 2 aliphatic rings. The lowest BCUT2D eigenvalue weighted by Crippen LogP contribution is -2.52. The molecular formula is C17H22N4O3. The van der Waals surface area contributed by atoms with Gasteiger partial charge in [0, 0.05) is 37.8 Å². The summed E-state index contributed by atoms with van der Waals surface area (Å²) in [6, 6.07) is 9.00. The van der Waals surface area contributed by atoms with Gasteiger partial charge in [0.25, 0.3) is 5.91 Å². The molecule has 0 atom stereocenters. The highest BCUT2D eigenvalue weighted by Crippen LogP contribution is 2.18. The SMILES string of the molecule is O=C(CN1CCN(C(=O)c2ccccc2)CC1)NC(=O)NC1CC1. The molecule has 4 amide bonds. The Bertz CT molecular complexity index is 608. The summed E-state index contributed by atoms with van der Waals surface area (Å²) in [5, 5.41) is 5.07. The van der Waals surface area contributed by atoms with Crippen LogP contribution in [-0.2, 0) is 4.79 Å². The number of rotatable bonds is 4. The number of imide groups is 1. The fourth-order valence-electron chi connectivity index (χ4n) is 2.69. The van der Waals surface area contributed by atoms with Crippen LogP contribution in [0.25, 0.3) is 0 Å². The number of piperazine rings is 1. The summed E-state index contributed by atoms with van der Waals surface area (Å²) >= 11 is 0. The molecule has 0 spiro atoms. The highest BCUT2D eigenvalue weighted by molar-refractivity contribution is 5.95. The van der Waals surface area contributed by atoms with E-state index in [2.05, 4.69) is 10.6 Å². The zero-order valence-electron chi connectivity index (χ0n) is 13.5. The van der Waals surface area contributed by atoms with E-state index < -0.39 is 6.03 Å². The predicted molar refractivity (Wildman–Crippen MR) is 88.5 cm³/mol. The average Bonchev–Trinajstić information content (AvgIpc) is 3.39. The monoisotopic (exact) mass is 330 g/mol. The molecular weight excluding hydrogens is 308 g/mol. The number of nitrogens with one attached hydrogen (secondary N) is 2. The maximum Gasteiger partial charge on any atom is 0.321 e. The van der Waals surface area contributed by atoms with Crippen molar-refractivity contribution in [2.24, 2.45) is 0 Å². The molecule has 0 aromatic heterocycles. The quantitative estimate of drug-likeness (QED) is 0.839. The van der Waals surface area contributed by atoms with Gasteiger partial charge in [0.05, 0.1) is 6.54 Å². The van der Waals surface area contributed by atoms with E-state index in [1.807, 2.05) is 23.1 Å². The van der Waals surface area contributed by atoms with Crippen molar-refractivity contribution in [3.05, 3.63) is 35.9 Å². The molecule has 1 aliphatic carbocycles. The first-order chi connectivity index (χ1) is 11.6. The van der Waals surface area contributed by atoms with E-state index in [0.29, 0.717) is 31.7 Å². The maximum absolute atomic E-state index is 12.4. The van der Waals surface area contributed by atoms with Gasteiger partial charge in [-0.3, -0.25) is 19.8 Å². The number of hydrogen-bond acceptors (Lipinski definition) is 4. The normalized spacial score (nSPS) is 18.1. The second kappa shape index (κ2) is 7.44. The van der Waals surface area contributed by atoms with E-state index in [1.165, 1.54) is 0 Å². The van der Waals surface area contributed by atoms with Crippen molar-refractivity contribution in [1.82, 2.24) is 20.4 Å². The van der Waals surface area contributed by atoms with E-state index in [1.54, 1.807) is 17.0 Å². The number of carbonyl (C=O) groups excluding carboxylic acids is 3. The second-order valence-electron chi connectivity index (χ2n) is 6.23. The summed E-state index contributed by atoms with van der Waals surface area (Å²) in [5.74, 6) is -0.292. The third-order valence-electron chi connectivity index (χ3n) is 4.21. The van der Waals surface area contributed by atoms with Gasteiger partial charge in [-0.1, -0.05) is 18.2 Å². The Morgan fingerprint density at radius 3 is 2.29 bits per heavy atom. The van der Waals surface area contributed by atoms with Gasteiger partial charge in [-0.05, 0) is 25.0 Å². The van der Waals surface area contributed by atoms with Crippen LogP contribution < -0.4 is 10.6 Å². The number of carbonyl (C=O) groups is 3. The van der Waals surface area contributed by atoms with Crippen LogP contribution >= 0.6 is 0 Å². The summed E-state index contributed by atoms with van der Waals surface area (Å²) in [5.41, 5.74) is 0.681. The molecule has 7 heteroatoms. The van der Waals surface area contributed by atoms with Crippen LogP contribution in [0.15, 0.2) is 30.3 Å².